The molecule has 1 aromatic carbocycles. The highest BCUT2D eigenvalue weighted by Gasteiger charge is 2.45. The minimum absolute atomic E-state index is 0.0416. The lowest BCUT2D eigenvalue weighted by molar-refractivity contribution is -0.144. The number of hydrogen-bond acceptors (Lipinski definition) is 4. The number of benzene rings is 1. The summed E-state index contributed by atoms with van der Waals surface area (Å²) in [6.07, 6.45) is 0. The Labute approximate surface area is 90.3 Å². The van der Waals surface area contributed by atoms with Crippen LogP contribution in [0.25, 0.3) is 0 Å². The van der Waals surface area contributed by atoms with Crippen LogP contribution < -0.4 is 10.5 Å². The van der Waals surface area contributed by atoms with E-state index in [9.17, 15) is 9.59 Å². The van der Waals surface area contributed by atoms with Crippen molar-refractivity contribution in [2.75, 3.05) is 6.61 Å². The lowest BCUT2D eigenvalue weighted by atomic mass is 9.92. The van der Waals surface area contributed by atoms with Gasteiger partial charge in [0.2, 0.25) is 0 Å². The zero-order valence-corrected chi connectivity index (χ0v) is 8.14. The van der Waals surface area contributed by atoms with Gasteiger partial charge in [0.25, 0.3) is 0 Å². The van der Waals surface area contributed by atoms with Gasteiger partial charge in [0.15, 0.2) is 5.54 Å². The average molecular weight is 223 g/mol. The SMILES string of the molecule is NC1(C(=O)O)COc2c(C(=O)O)cccc21. The number of nitrogens with two attached hydrogens (primary N) is 1. The molecule has 16 heavy (non-hydrogen) atoms. The van der Waals surface area contributed by atoms with Gasteiger partial charge in [-0.1, -0.05) is 12.1 Å². The molecule has 0 fully saturated rings. The Balaban J connectivity index is 2.62. The molecule has 6 heteroatoms. The van der Waals surface area contributed by atoms with Crippen molar-refractivity contribution < 1.29 is 24.5 Å². The molecule has 0 aliphatic carbocycles. The standard InChI is InChI=1S/C10H9NO5/c11-10(9(14)15)4-16-7-5(8(12)13)2-1-3-6(7)10/h1-3H,4,11H2,(H,12,13)(H,14,15). The van der Waals surface area contributed by atoms with Gasteiger partial charge in [-0.3, -0.25) is 0 Å². The first kappa shape index (κ1) is 10.4. The molecule has 4 N–H and O–H groups in total. The minimum Gasteiger partial charge on any atom is -0.489 e. The topological polar surface area (TPSA) is 110 Å². The van der Waals surface area contributed by atoms with Crippen LogP contribution in [0.5, 0.6) is 5.75 Å². The molecule has 0 amide bonds. The molecule has 0 spiro atoms. The number of rotatable bonds is 2. The number of para-hydroxylation sites is 1. The van der Waals surface area contributed by atoms with Crippen LogP contribution in [0.2, 0.25) is 0 Å². The van der Waals surface area contributed by atoms with Crippen molar-refractivity contribution in [1.82, 2.24) is 0 Å². The van der Waals surface area contributed by atoms with E-state index >= 15 is 0 Å². The molecule has 0 bridgehead atoms. The Bertz CT molecular complexity index is 484. The Morgan fingerprint density at radius 3 is 2.62 bits per heavy atom. The number of carboxylic acid groups (broad SMARTS) is 2. The van der Waals surface area contributed by atoms with Crippen molar-refractivity contribution in [3.8, 4) is 5.75 Å². The number of carboxylic acids is 2. The molecule has 1 aliphatic heterocycles. The second-order valence-electron chi connectivity index (χ2n) is 3.55. The summed E-state index contributed by atoms with van der Waals surface area (Å²) in [6.45, 7) is -0.262. The minimum atomic E-state index is -1.67. The Morgan fingerprint density at radius 2 is 2.06 bits per heavy atom. The fraction of sp³-hybridized carbons (Fsp3) is 0.200. The third-order valence-electron chi connectivity index (χ3n) is 2.55. The number of carbonyl (C=O) groups is 2. The molecule has 2 rings (SSSR count). The molecule has 1 aromatic rings. The number of fused-ring (bicyclic) bond motifs is 1. The fourth-order valence-corrected chi connectivity index (χ4v) is 1.65. The summed E-state index contributed by atoms with van der Waals surface area (Å²) in [6, 6.07) is 4.25. The van der Waals surface area contributed by atoms with E-state index in [0.29, 0.717) is 0 Å². The van der Waals surface area contributed by atoms with Gasteiger partial charge < -0.3 is 20.7 Å². The van der Waals surface area contributed by atoms with Crippen LogP contribution in [-0.4, -0.2) is 28.8 Å². The van der Waals surface area contributed by atoms with E-state index in [1.165, 1.54) is 18.2 Å². The van der Waals surface area contributed by atoms with Crippen molar-refractivity contribution in [1.29, 1.82) is 0 Å². The number of aromatic carboxylic acids is 1. The van der Waals surface area contributed by atoms with E-state index < -0.39 is 17.5 Å². The maximum absolute atomic E-state index is 11.0. The van der Waals surface area contributed by atoms with Crippen molar-refractivity contribution in [2.24, 2.45) is 5.73 Å². The smallest absolute Gasteiger partial charge is 0.339 e. The quantitative estimate of drug-likeness (QED) is 0.651. The Morgan fingerprint density at radius 1 is 1.38 bits per heavy atom. The molecular weight excluding hydrogens is 214 g/mol. The van der Waals surface area contributed by atoms with E-state index in [0.717, 1.165) is 0 Å². The molecule has 6 nitrogen and oxygen atoms in total. The van der Waals surface area contributed by atoms with Gasteiger partial charge in [-0.25, -0.2) is 9.59 Å². The second-order valence-corrected chi connectivity index (χ2v) is 3.55. The van der Waals surface area contributed by atoms with Crippen LogP contribution in [0.15, 0.2) is 18.2 Å². The van der Waals surface area contributed by atoms with Gasteiger partial charge >= 0.3 is 11.9 Å². The second kappa shape index (κ2) is 3.21. The summed E-state index contributed by atoms with van der Waals surface area (Å²) in [5.41, 5.74) is 4.12. The summed E-state index contributed by atoms with van der Waals surface area (Å²) >= 11 is 0. The molecule has 1 atom stereocenters. The molecule has 1 aliphatic rings. The summed E-state index contributed by atoms with van der Waals surface area (Å²) in [5, 5.41) is 17.9. The molecular formula is C10H9NO5. The van der Waals surface area contributed by atoms with Gasteiger partial charge in [0, 0.05) is 5.56 Å². The Kier molecular flexibility index (Phi) is 2.09. The van der Waals surface area contributed by atoms with Gasteiger partial charge in [0.1, 0.15) is 17.9 Å². The monoisotopic (exact) mass is 223 g/mol. The van der Waals surface area contributed by atoms with E-state index in [1.54, 1.807) is 0 Å². The van der Waals surface area contributed by atoms with Crippen LogP contribution in [-0.2, 0) is 10.3 Å². The van der Waals surface area contributed by atoms with Crippen molar-refractivity contribution in [3.63, 3.8) is 0 Å². The molecule has 0 radical (unpaired) electrons. The van der Waals surface area contributed by atoms with Gasteiger partial charge in [-0.15, -0.1) is 0 Å². The maximum Gasteiger partial charge on any atom is 0.339 e. The van der Waals surface area contributed by atoms with Crippen LogP contribution in [0, 0.1) is 0 Å². The predicted octanol–water partition coefficient (Wildman–Crippen LogP) is 0.0158. The third-order valence-corrected chi connectivity index (χ3v) is 2.55. The van der Waals surface area contributed by atoms with E-state index in [4.69, 9.17) is 20.7 Å². The zero-order chi connectivity index (χ0) is 11.9. The third kappa shape index (κ3) is 1.24. The van der Waals surface area contributed by atoms with Crippen LogP contribution in [0.3, 0.4) is 0 Å². The first-order valence-corrected chi connectivity index (χ1v) is 4.48. The Hall–Kier alpha value is -2.08. The number of aliphatic carboxylic acids is 1. The molecule has 84 valence electrons. The summed E-state index contributed by atoms with van der Waals surface area (Å²) < 4.78 is 5.08. The first-order valence-electron chi connectivity index (χ1n) is 4.48. The largest absolute Gasteiger partial charge is 0.489 e. The molecule has 1 unspecified atom stereocenters. The van der Waals surface area contributed by atoms with E-state index in [-0.39, 0.29) is 23.5 Å². The van der Waals surface area contributed by atoms with E-state index in [2.05, 4.69) is 0 Å². The average Bonchev–Trinajstić information content (AvgIpc) is 2.58. The lowest BCUT2D eigenvalue weighted by Crippen LogP contribution is -2.46. The van der Waals surface area contributed by atoms with Crippen LogP contribution in [0.1, 0.15) is 15.9 Å². The first-order chi connectivity index (χ1) is 7.47. The van der Waals surface area contributed by atoms with Crippen molar-refractivity contribution in [2.45, 2.75) is 5.54 Å². The number of hydrogen-bond donors (Lipinski definition) is 3. The molecule has 1 heterocycles. The van der Waals surface area contributed by atoms with Crippen LogP contribution in [0.4, 0.5) is 0 Å². The van der Waals surface area contributed by atoms with Crippen LogP contribution >= 0.6 is 0 Å². The predicted molar refractivity (Wildman–Crippen MR) is 52.4 cm³/mol. The van der Waals surface area contributed by atoms with Gasteiger partial charge in [-0.05, 0) is 6.07 Å². The van der Waals surface area contributed by atoms with E-state index in [1.807, 2.05) is 0 Å². The molecule has 0 aromatic heterocycles. The summed E-state index contributed by atoms with van der Waals surface area (Å²) in [4.78, 5) is 21.9. The van der Waals surface area contributed by atoms with Gasteiger partial charge in [-0.2, -0.15) is 0 Å². The number of ether oxygens (including phenoxy) is 1. The fourth-order valence-electron chi connectivity index (χ4n) is 1.65. The van der Waals surface area contributed by atoms with Crippen molar-refractivity contribution >= 4 is 11.9 Å². The molecule has 0 saturated heterocycles. The molecule has 0 saturated carbocycles. The highest BCUT2D eigenvalue weighted by molar-refractivity contribution is 5.94. The highest BCUT2D eigenvalue weighted by Crippen LogP contribution is 2.38. The van der Waals surface area contributed by atoms with Crippen molar-refractivity contribution in [3.05, 3.63) is 29.3 Å². The summed E-state index contributed by atoms with van der Waals surface area (Å²) in [5.74, 6) is -2.37. The normalized spacial score (nSPS) is 22.3. The van der Waals surface area contributed by atoms with Gasteiger partial charge in [0.05, 0.1) is 0 Å². The zero-order valence-electron chi connectivity index (χ0n) is 8.14. The summed E-state index contributed by atoms with van der Waals surface area (Å²) in [7, 11) is 0. The highest BCUT2D eigenvalue weighted by atomic mass is 16.5. The maximum atomic E-state index is 11.0. The lowest BCUT2D eigenvalue weighted by Gasteiger charge is -2.16.